The number of nitriles is 1. The van der Waals surface area contributed by atoms with E-state index in [2.05, 4.69) is 11.3 Å². The SMILES string of the molecule is C=Cc1cc(CC#N)cc(OCC(F)(F)F)c1. The molecule has 0 spiro atoms. The van der Waals surface area contributed by atoms with E-state index in [1.54, 1.807) is 6.07 Å². The molecular formula is C12H10F3NO. The Morgan fingerprint density at radius 2 is 2.06 bits per heavy atom. The molecule has 1 rings (SSSR count). The van der Waals surface area contributed by atoms with Crippen LogP contribution >= 0.6 is 0 Å². The monoisotopic (exact) mass is 241 g/mol. The maximum absolute atomic E-state index is 12.0. The summed E-state index contributed by atoms with van der Waals surface area (Å²) in [6, 6.07) is 6.46. The van der Waals surface area contributed by atoms with Crippen LogP contribution in [0.5, 0.6) is 5.75 Å². The quantitative estimate of drug-likeness (QED) is 0.809. The third kappa shape index (κ3) is 4.60. The molecule has 1 aromatic carbocycles. The highest BCUT2D eigenvalue weighted by Gasteiger charge is 2.28. The lowest BCUT2D eigenvalue weighted by Crippen LogP contribution is -2.19. The molecule has 0 aliphatic carbocycles. The molecule has 17 heavy (non-hydrogen) atoms. The number of rotatable bonds is 4. The van der Waals surface area contributed by atoms with Gasteiger partial charge < -0.3 is 4.74 Å². The Labute approximate surface area is 96.9 Å². The van der Waals surface area contributed by atoms with Crippen LogP contribution in [-0.2, 0) is 6.42 Å². The van der Waals surface area contributed by atoms with E-state index in [-0.39, 0.29) is 12.2 Å². The van der Waals surface area contributed by atoms with Gasteiger partial charge in [-0.2, -0.15) is 18.4 Å². The molecule has 0 N–H and O–H groups in total. The molecule has 1 aromatic rings. The Bertz CT molecular complexity index is 446. The molecule has 0 amide bonds. The van der Waals surface area contributed by atoms with Crippen LogP contribution in [0.15, 0.2) is 24.8 Å². The normalized spacial score (nSPS) is 10.7. The summed E-state index contributed by atoms with van der Waals surface area (Å²) in [5.41, 5.74) is 1.22. The first-order valence-corrected chi connectivity index (χ1v) is 4.77. The van der Waals surface area contributed by atoms with Crippen LogP contribution in [0.1, 0.15) is 11.1 Å². The fourth-order valence-electron chi connectivity index (χ4n) is 1.25. The molecule has 0 fully saturated rings. The molecule has 0 radical (unpaired) electrons. The van der Waals surface area contributed by atoms with E-state index >= 15 is 0 Å². The van der Waals surface area contributed by atoms with Gasteiger partial charge >= 0.3 is 6.18 Å². The summed E-state index contributed by atoms with van der Waals surface area (Å²) in [5, 5.41) is 8.54. The van der Waals surface area contributed by atoms with Gasteiger partial charge in [0, 0.05) is 0 Å². The first kappa shape index (κ1) is 13.1. The number of hydrogen-bond donors (Lipinski definition) is 0. The summed E-state index contributed by atoms with van der Waals surface area (Å²) in [5.74, 6) is 0.0879. The highest BCUT2D eigenvalue weighted by Crippen LogP contribution is 2.22. The molecule has 2 nitrogen and oxygen atoms in total. The van der Waals surface area contributed by atoms with E-state index in [4.69, 9.17) is 5.26 Å². The second-order valence-corrected chi connectivity index (χ2v) is 3.35. The minimum absolute atomic E-state index is 0.0879. The van der Waals surface area contributed by atoms with Crippen LogP contribution in [0.3, 0.4) is 0 Å². The van der Waals surface area contributed by atoms with Gasteiger partial charge in [-0.05, 0) is 23.3 Å². The van der Waals surface area contributed by atoms with Gasteiger partial charge in [-0.1, -0.05) is 18.7 Å². The minimum atomic E-state index is -4.38. The van der Waals surface area contributed by atoms with Crippen molar-refractivity contribution < 1.29 is 17.9 Å². The zero-order valence-corrected chi connectivity index (χ0v) is 8.92. The van der Waals surface area contributed by atoms with Gasteiger partial charge in [-0.15, -0.1) is 0 Å². The van der Waals surface area contributed by atoms with Crippen LogP contribution < -0.4 is 4.74 Å². The molecule has 5 heteroatoms. The lowest BCUT2D eigenvalue weighted by molar-refractivity contribution is -0.153. The van der Waals surface area contributed by atoms with E-state index in [1.807, 2.05) is 6.07 Å². The minimum Gasteiger partial charge on any atom is -0.484 e. The van der Waals surface area contributed by atoms with E-state index < -0.39 is 12.8 Å². The molecule has 0 unspecified atom stereocenters. The van der Waals surface area contributed by atoms with Crippen molar-refractivity contribution in [3.05, 3.63) is 35.9 Å². The van der Waals surface area contributed by atoms with Crippen molar-refractivity contribution in [2.24, 2.45) is 0 Å². The average molecular weight is 241 g/mol. The van der Waals surface area contributed by atoms with Gasteiger partial charge in [0.2, 0.25) is 0 Å². The lowest BCUT2D eigenvalue weighted by atomic mass is 10.1. The van der Waals surface area contributed by atoms with Gasteiger partial charge in [0.15, 0.2) is 6.61 Å². The fraction of sp³-hybridized carbons (Fsp3) is 0.250. The van der Waals surface area contributed by atoms with Crippen molar-refractivity contribution in [2.45, 2.75) is 12.6 Å². The zero-order valence-electron chi connectivity index (χ0n) is 8.92. The fourth-order valence-corrected chi connectivity index (χ4v) is 1.25. The predicted octanol–water partition coefficient (Wildman–Crippen LogP) is 3.34. The van der Waals surface area contributed by atoms with Crippen molar-refractivity contribution in [1.29, 1.82) is 5.26 Å². The summed E-state index contributed by atoms with van der Waals surface area (Å²) in [6.45, 7) is 2.17. The molecule has 0 aliphatic heterocycles. The van der Waals surface area contributed by atoms with Crippen molar-refractivity contribution in [2.75, 3.05) is 6.61 Å². The summed E-state index contributed by atoms with van der Waals surface area (Å²) < 4.78 is 40.5. The second-order valence-electron chi connectivity index (χ2n) is 3.35. The number of nitrogens with zero attached hydrogens (tertiary/aromatic N) is 1. The molecule has 0 aromatic heterocycles. The standard InChI is InChI=1S/C12H10F3NO/c1-2-9-5-10(3-4-16)7-11(6-9)17-8-12(13,14)15/h2,5-7H,1,3,8H2. The Morgan fingerprint density at radius 1 is 1.35 bits per heavy atom. The summed E-state index contributed by atoms with van der Waals surface area (Å²) in [7, 11) is 0. The van der Waals surface area contributed by atoms with E-state index in [0.717, 1.165) is 0 Å². The zero-order chi connectivity index (χ0) is 12.9. The van der Waals surface area contributed by atoms with Crippen molar-refractivity contribution >= 4 is 6.08 Å². The molecule has 0 atom stereocenters. The third-order valence-electron chi connectivity index (χ3n) is 1.91. The molecule has 0 heterocycles. The third-order valence-corrected chi connectivity index (χ3v) is 1.91. The van der Waals surface area contributed by atoms with Gasteiger partial charge in [0.25, 0.3) is 0 Å². The number of benzene rings is 1. The summed E-state index contributed by atoms with van der Waals surface area (Å²) in [6.07, 6.45) is -2.77. The number of halogens is 3. The molecule has 0 aliphatic rings. The highest BCUT2D eigenvalue weighted by atomic mass is 19.4. The lowest BCUT2D eigenvalue weighted by Gasteiger charge is -2.10. The van der Waals surface area contributed by atoms with Crippen LogP contribution in [0, 0.1) is 11.3 Å². The molecule has 0 saturated carbocycles. The smallest absolute Gasteiger partial charge is 0.422 e. The first-order chi connectivity index (χ1) is 7.94. The van der Waals surface area contributed by atoms with E-state index in [0.29, 0.717) is 11.1 Å². The van der Waals surface area contributed by atoms with E-state index in [1.165, 1.54) is 18.2 Å². The second kappa shape index (κ2) is 5.39. The topological polar surface area (TPSA) is 33.0 Å². The number of ether oxygens (including phenoxy) is 1. The maximum Gasteiger partial charge on any atom is 0.422 e. The Morgan fingerprint density at radius 3 is 2.59 bits per heavy atom. The molecular weight excluding hydrogens is 231 g/mol. The molecule has 0 bridgehead atoms. The van der Waals surface area contributed by atoms with Crippen LogP contribution in [0.25, 0.3) is 6.08 Å². The maximum atomic E-state index is 12.0. The molecule has 90 valence electrons. The summed E-state index contributed by atoms with van der Waals surface area (Å²) >= 11 is 0. The van der Waals surface area contributed by atoms with Gasteiger partial charge in [-0.25, -0.2) is 0 Å². The van der Waals surface area contributed by atoms with Crippen molar-refractivity contribution in [3.63, 3.8) is 0 Å². The van der Waals surface area contributed by atoms with Crippen molar-refractivity contribution in [1.82, 2.24) is 0 Å². The van der Waals surface area contributed by atoms with Gasteiger partial charge in [0.1, 0.15) is 5.75 Å². The van der Waals surface area contributed by atoms with Gasteiger partial charge in [-0.3, -0.25) is 0 Å². The number of alkyl halides is 3. The average Bonchev–Trinajstić information content (AvgIpc) is 2.25. The largest absolute Gasteiger partial charge is 0.484 e. The number of hydrogen-bond acceptors (Lipinski definition) is 2. The van der Waals surface area contributed by atoms with E-state index in [9.17, 15) is 13.2 Å². The van der Waals surface area contributed by atoms with Crippen LogP contribution in [-0.4, -0.2) is 12.8 Å². The molecule has 0 saturated heterocycles. The van der Waals surface area contributed by atoms with Crippen molar-refractivity contribution in [3.8, 4) is 11.8 Å². The Kier molecular flexibility index (Phi) is 4.16. The first-order valence-electron chi connectivity index (χ1n) is 4.77. The van der Waals surface area contributed by atoms with Crippen LogP contribution in [0.2, 0.25) is 0 Å². The van der Waals surface area contributed by atoms with Crippen LogP contribution in [0.4, 0.5) is 13.2 Å². The Balaban J connectivity index is 2.88. The van der Waals surface area contributed by atoms with Gasteiger partial charge in [0.05, 0.1) is 12.5 Å². The summed E-state index contributed by atoms with van der Waals surface area (Å²) in [4.78, 5) is 0. The Hall–Kier alpha value is -1.96. The predicted molar refractivity (Wildman–Crippen MR) is 57.4 cm³/mol. The highest BCUT2D eigenvalue weighted by molar-refractivity contribution is 5.52.